The molecular formula is C19H25F6NO3. The summed E-state index contributed by atoms with van der Waals surface area (Å²) >= 11 is 0. The smallest absolute Gasteiger partial charge is 0.455 e. The molecule has 10 heteroatoms. The van der Waals surface area contributed by atoms with Crippen molar-refractivity contribution in [3.8, 4) is 5.75 Å². The first-order valence-corrected chi connectivity index (χ1v) is 9.08. The molecule has 0 fully saturated rings. The molecule has 0 aromatic heterocycles. The molecule has 1 N–H and O–H groups in total. The van der Waals surface area contributed by atoms with E-state index in [-0.39, 0.29) is 29.4 Å². The van der Waals surface area contributed by atoms with Crippen LogP contribution in [0.2, 0.25) is 0 Å². The van der Waals surface area contributed by atoms with Gasteiger partial charge in [-0.05, 0) is 49.9 Å². The van der Waals surface area contributed by atoms with Crippen LogP contribution in [-0.2, 0) is 10.7 Å². The molecule has 0 heterocycles. The molecule has 1 atom stereocenters. The van der Waals surface area contributed by atoms with Gasteiger partial charge in [0.15, 0.2) is 6.61 Å². The Morgan fingerprint density at radius 3 is 1.83 bits per heavy atom. The maximum Gasteiger partial charge on any atom is 0.455 e. The maximum absolute atomic E-state index is 14.1. The van der Waals surface area contributed by atoms with E-state index in [0.29, 0.717) is 25.2 Å². The van der Waals surface area contributed by atoms with E-state index in [1.54, 1.807) is 4.90 Å². The van der Waals surface area contributed by atoms with Crippen LogP contribution < -0.4 is 4.74 Å². The van der Waals surface area contributed by atoms with Gasteiger partial charge >= 0.3 is 18.0 Å². The summed E-state index contributed by atoms with van der Waals surface area (Å²) in [5, 5.41) is 8.80. The molecule has 0 aliphatic carbocycles. The summed E-state index contributed by atoms with van der Waals surface area (Å²) in [6, 6.07) is 1.19. The minimum atomic E-state index is -6.19. The van der Waals surface area contributed by atoms with Crippen LogP contribution in [0.5, 0.6) is 5.75 Å². The minimum Gasteiger partial charge on any atom is -0.483 e. The first-order chi connectivity index (χ1) is 13.2. The number of carbonyl (C=O) groups is 1. The number of benzene rings is 1. The number of amides is 1. The topological polar surface area (TPSA) is 49.8 Å². The number of hydrogen-bond donors (Lipinski definition) is 1. The zero-order valence-electron chi connectivity index (χ0n) is 16.7. The molecule has 1 rings (SSSR count). The van der Waals surface area contributed by atoms with Gasteiger partial charge in [-0.15, -0.1) is 0 Å². The molecule has 0 aliphatic rings. The molecule has 0 bridgehead atoms. The molecule has 0 aliphatic heterocycles. The van der Waals surface area contributed by atoms with E-state index in [4.69, 9.17) is 9.84 Å². The molecule has 1 aromatic carbocycles. The van der Waals surface area contributed by atoms with Crippen molar-refractivity contribution in [1.82, 2.24) is 4.90 Å². The van der Waals surface area contributed by atoms with Gasteiger partial charge in [0, 0.05) is 18.7 Å². The summed E-state index contributed by atoms with van der Waals surface area (Å²) < 4.78 is 84.7. The molecule has 1 aromatic rings. The lowest BCUT2D eigenvalue weighted by atomic mass is 9.96. The van der Waals surface area contributed by atoms with Gasteiger partial charge in [-0.1, -0.05) is 13.8 Å². The predicted octanol–water partition coefficient (Wildman–Crippen LogP) is 4.64. The number of rotatable bonds is 9. The molecular weight excluding hydrogens is 404 g/mol. The van der Waals surface area contributed by atoms with Gasteiger partial charge in [0.05, 0.1) is 0 Å². The normalized spacial score (nSPS) is 14.4. The lowest BCUT2D eigenvalue weighted by Crippen LogP contribution is -2.53. The molecule has 29 heavy (non-hydrogen) atoms. The van der Waals surface area contributed by atoms with Gasteiger partial charge in [-0.25, -0.2) is 0 Å². The summed E-state index contributed by atoms with van der Waals surface area (Å²) in [5.41, 5.74) is -1.40. The molecule has 0 spiro atoms. The highest BCUT2D eigenvalue weighted by atomic mass is 19.4. The van der Waals surface area contributed by atoms with Crippen LogP contribution in [-0.4, -0.2) is 47.6 Å². The van der Waals surface area contributed by atoms with Crippen molar-refractivity contribution in [2.45, 2.75) is 58.5 Å². The number of halogens is 6. The SMILES string of the molecule is CCCN(CCC)C(=O)COc1c(C)cc(C(F)(F)C(O)(F)C(F)(F)F)cc1C. The van der Waals surface area contributed by atoms with Crippen LogP contribution in [0.25, 0.3) is 0 Å². The summed E-state index contributed by atoms with van der Waals surface area (Å²) in [7, 11) is 0. The lowest BCUT2D eigenvalue weighted by molar-refractivity contribution is -0.390. The Morgan fingerprint density at radius 2 is 1.45 bits per heavy atom. The van der Waals surface area contributed by atoms with Crippen molar-refractivity contribution in [1.29, 1.82) is 0 Å². The monoisotopic (exact) mass is 429 g/mol. The van der Waals surface area contributed by atoms with Crippen molar-refractivity contribution in [3.05, 3.63) is 28.8 Å². The Bertz CT molecular complexity index is 689. The number of nitrogens with zero attached hydrogens (tertiary/aromatic N) is 1. The van der Waals surface area contributed by atoms with E-state index in [2.05, 4.69) is 0 Å². The third-order valence-electron chi connectivity index (χ3n) is 4.29. The molecule has 1 unspecified atom stereocenters. The van der Waals surface area contributed by atoms with Crippen LogP contribution >= 0.6 is 0 Å². The van der Waals surface area contributed by atoms with Crippen LogP contribution in [0.15, 0.2) is 12.1 Å². The number of hydrogen-bond acceptors (Lipinski definition) is 3. The number of aliphatic hydroxyl groups is 1. The van der Waals surface area contributed by atoms with Gasteiger partial charge in [0.1, 0.15) is 5.75 Å². The van der Waals surface area contributed by atoms with Gasteiger partial charge in [0.2, 0.25) is 0 Å². The maximum atomic E-state index is 14.1. The Kier molecular flexibility index (Phi) is 7.98. The summed E-state index contributed by atoms with van der Waals surface area (Å²) in [6.07, 6.45) is -4.72. The van der Waals surface area contributed by atoms with Crippen LogP contribution in [0, 0.1) is 13.8 Å². The number of aryl methyl sites for hydroxylation is 2. The first kappa shape index (κ1) is 25.1. The van der Waals surface area contributed by atoms with Crippen molar-refractivity contribution in [2.75, 3.05) is 19.7 Å². The van der Waals surface area contributed by atoms with Gasteiger partial charge in [-0.2, -0.15) is 26.3 Å². The third kappa shape index (κ3) is 5.34. The first-order valence-electron chi connectivity index (χ1n) is 9.08. The highest BCUT2D eigenvalue weighted by molar-refractivity contribution is 5.77. The molecule has 0 saturated carbocycles. The molecule has 166 valence electrons. The van der Waals surface area contributed by atoms with Crippen LogP contribution in [0.1, 0.15) is 43.4 Å². The number of carbonyl (C=O) groups excluding carboxylic acids is 1. The van der Waals surface area contributed by atoms with Gasteiger partial charge in [-0.3, -0.25) is 4.79 Å². The fourth-order valence-electron chi connectivity index (χ4n) is 2.85. The molecule has 4 nitrogen and oxygen atoms in total. The van der Waals surface area contributed by atoms with E-state index in [0.717, 1.165) is 12.8 Å². The largest absolute Gasteiger partial charge is 0.483 e. The van der Waals surface area contributed by atoms with Crippen LogP contribution in [0.3, 0.4) is 0 Å². The van der Waals surface area contributed by atoms with Crippen LogP contribution in [0.4, 0.5) is 26.3 Å². The van der Waals surface area contributed by atoms with Crippen molar-refractivity contribution >= 4 is 5.91 Å². The summed E-state index contributed by atoms with van der Waals surface area (Å²) in [6.45, 7) is 7.00. The van der Waals surface area contributed by atoms with E-state index >= 15 is 0 Å². The highest BCUT2D eigenvalue weighted by Crippen LogP contribution is 2.49. The average Bonchev–Trinajstić information content (AvgIpc) is 2.59. The van der Waals surface area contributed by atoms with Crippen molar-refractivity contribution < 1.29 is 41.0 Å². The van der Waals surface area contributed by atoms with Crippen molar-refractivity contribution in [2.24, 2.45) is 0 Å². The second-order valence-electron chi connectivity index (χ2n) is 6.80. The molecule has 0 radical (unpaired) electrons. The fraction of sp³-hybridized carbons (Fsp3) is 0.632. The number of ether oxygens (including phenoxy) is 1. The number of alkyl halides is 6. The van der Waals surface area contributed by atoms with Gasteiger partial charge < -0.3 is 14.7 Å². The predicted molar refractivity (Wildman–Crippen MR) is 94.6 cm³/mol. The Hall–Kier alpha value is -1.97. The van der Waals surface area contributed by atoms with Crippen molar-refractivity contribution in [3.63, 3.8) is 0 Å². The fourth-order valence-corrected chi connectivity index (χ4v) is 2.85. The Labute approximate surface area is 165 Å². The lowest BCUT2D eigenvalue weighted by Gasteiger charge is -2.31. The zero-order chi connectivity index (χ0) is 22.6. The Morgan fingerprint density at radius 1 is 1.00 bits per heavy atom. The Balaban J connectivity index is 3.11. The third-order valence-corrected chi connectivity index (χ3v) is 4.29. The standard InChI is InChI=1S/C19H25F6NO3/c1-5-7-26(8-6-2)15(27)11-29-16-12(3)9-14(10-13(16)4)17(20,21)18(22,28)19(23,24)25/h9-10,28H,5-8,11H2,1-4H3. The summed E-state index contributed by atoms with van der Waals surface area (Å²) in [4.78, 5) is 13.8. The highest BCUT2D eigenvalue weighted by Gasteiger charge is 2.71. The van der Waals surface area contributed by atoms with E-state index in [1.807, 2.05) is 13.8 Å². The zero-order valence-corrected chi connectivity index (χ0v) is 16.7. The second kappa shape index (κ2) is 9.23. The van der Waals surface area contributed by atoms with E-state index in [9.17, 15) is 31.1 Å². The average molecular weight is 429 g/mol. The minimum absolute atomic E-state index is 0.0250. The molecule has 0 saturated heterocycles. The second-order valence-corrected chi connectivity index (χ2v) is 6.80. The quantitative estimate of drug-likeness (QED) is 0.582. The van der Waals surface area contributed by atoms with Gasteiger partial charge in [0.25, 0.3) is 5.91 Å². The molecule has 1 amide bonds. The van der Waals surface area contributed by atoms with E-state index in [1.165, 1.54) is 13.8 Å². The van der Waals surface area contributed by atoms with E-state index < -0.39 is 23.5 Å². The summed E-state index contributed by atoms with van der Waals surface area (Å²) in [5.74, 6) is -11.3.